The monoisotopic (exact) mass is 282 g/mol. The van der Waals surface area contributed by atoms with Gasteiger partial charge in [-0.05, 0) is 6.42 Å². The van der Waals surface area contributed by atoms with Gasteiger partial charge in [0, 0.05) is 33.2 Å². The second-order valence-electron chi connectivity index (χ2n) is 4.72. The number of amides is 1. The smallest absolute Gasteiger partial charge is 0.237 e. The van der Waals surface area contributed by atoms with Crippen LogP contribution >= 0.6 is 0 Å². The Kier molecular flexibility index (Phi) is 5.97. The van der Waals surface area contributed by atoms with Crippen molar-refractivity contribution in [2.24, 2.45) is 0 Å². The van der Waals surface area contributed by atoms with Crippen LogP contribution in [0, 0.1) is 0 Å². The second-order valence-corrected chi connectivity index (χ2v) is 4.72. The molecule has 0 saturated heterocycles. The molecule has 1 aliphatic heterocycles. The number of nitrogens with one attached hydrogen (secondary N) is 3. The summed E-state index contributed by atoms with van der Waals surface area (Å²) in [6.45, 7) is 3.11. The maximum Gasteiger partial charge on any atom is 0.237 e. The summed E-state index contributed by atoms with van der Waals surface area (Å²) in [5.41, 5.74) is 2.05. The van der Waals surface area contributed by atoms with Gasteiger partial charge in [0.15, 0.2) is 0 Å². The Morgan fingerprint density at radius 3 is 3.25 bits per heavy atom. The van der Waals surface area contributed by atoms with Crippen molar-refractivity contribution >= 4 is 5.91 Å². The molecule has 0 aromatic carbocycles. The van der Waals surface area contributed by atoms with E-state index in [0.717, 1.165) is 17.8 Å². The summed E-state index contributed by atoms with van der Waals surface area (Å²) in [6.07, 6.45) is 3.11. The summed E-state index contributed by atoms with van der Waals surface area (Å²) in [4.78, 5) is 19.3. The maximum atomic E-state index is 12.0. The lowest BCUT2D eigenvalue weighted by Gasteiger charge is -2.22. The zero-order valence-corrected chi connectivity index (χ0v) is 11.8. The molecule has 7 nitrogen and oxygen atoms in total. The van der Waals surface area contributed by atoms with E-state index >= 15 is 0 Å². The molecule has 0 bridgehead atoms. The number of fused-ring (bicyclic) bond motifs is 1. The van der Waals surface area contributed by atoms with Crippen LogP contribution in [0.4, 0.5) is 0 Å². The van der Waals surface area contributed by atoms with Crippen molar-refractivity contribution < 1.29 is 14.3 Å². The van der Waals surface area contributed by atoms with Gasteiger partial charge in [-0.2, -0.15) is 0 Å². The van der Waals surface area contributed by atoms with Gasteiger partial charge >= 0.3 is 0 Å². The highest BCUT2D eigenvalue weighted by molar-refractivity contribution is 5.82. The average molecular weight is 282 g/mol. The highest BCUT2D eigenvalue weighted by Crippen LogP contribution is 2.11. The Hall–Kier alpha value is -1.44. The third-order valence-electron chi connectivity index (χ3n) is 3.24. The Bertz CT molecular complexity index is 422. The fourth-order valence-electron chi connectivity index (χ4n) is 2.11. The molecule has 1 aliphatic rings. The lowest BCUT2D eigenvalue weighted by molar-refractivity contribution is -0.123. The van der Waals surface area contributed by atoms with E-state index in [-0.39, 0.29) is 11.9 Å². The van der Waals surface area contributed by atoms with Gasteiger partial charge < -0.3 is 19.8 Å². The highest BCUT2D eigenvalue weighted by atomic mass is 16.5. The van der Waals surface area contributed by atoms with Crippen molar-refractivity contribution in [2.75, 3.05) is 33.5 Å². The number of imidazole rings is 1. The number of hydrogen-bond donors (Lipinski definition) is 3. The maximum absolute atomic E-state index is 12.0. The minimum Gasteiger partial charge on any atom is -0.382 e. The van der Waals surface area contributed by atoms with E-state index in [9.17, 15) is 4.79 Å². The summed E-state index contributed by atoms with van der Waals surface area (Å²) in [5.74, 6) is 0.0236. The third kappa shape index (κ3) is 4.29. The average Bonchev–Trinajstić information content (AvgIpc) is 2.93. The zero-order valence-electron chi connectivity index (χ0n) is 11.8. The predicted octanol–water partition coefficient (Wildman–Crippen LogP) is -0.407. The number of aromatic nitrogens is 2. The summed E-state index contributed by atoms with van der Waals surface area (Å²) in [6, 6.07) is -0.194. The summed E-state index contributed by atoms with van der Waals surface area (Å²) in [7, 11) is 1.64. The van der Waals surface area contributed by atoms with E-state index in [1.54, 1.807) is 13.4 Å². The second kappa shape index (κ2) is 7.98. The number of carbonyl (C=O) groups is 1. The molecule has 2 heterocycles. The van der Waals surface area contributed by atoms with Gasteiger partial charge in [-0.3, -0.25) is 10.1 Å². The molecular weight excluding hydrogens is 260 g/mol. The van der Waals surface area contributed by atoms with E-state index in [1.165, 1.54) is 0 Å². The standard InChI is InChI=1S/C13H22N4O3/c1-19-5-6-20-4-2-3-14-13(18)11-7-10-12(8-15-11)17-9-16-10/h9,11,15H,2-8H2,1H3,(H,14,18)(H,16,17). The molecule has 1 aromatic rings. The lowest BCUT2D eigenvalue weighted by atomic mass is 10.0. The Labute approximate surface area is 118 Å². The summed E-state index contributed by atoms with van der Waals surface area (Å²) < 4.78 is 10.2. The van der Waals surface area contributed by atoms with E-state index in [0.29, 0.717) is 39.3 Å². The molecule has 1 unspecified atom stereocenters. The number of carbonyl (C=O) groups excluding carboxylic acids is 1. The first-order valence-corrected chi connectivity index (χ1v) is 6.90. The van der Waals surface area contributed by atoms with Gasteiger partial charge in [0.25, 0.3) is 0 Å². The van der Waals surface area contributed by atoms with E-state index in [4.69, 9.17) is 9.47 Å². The van der Waals surface area contributed by atoms with Crippen LogP contribution in [0.2, 0.25) is 0 Å². The van der Waals surface area contributed by atoms with Crippen LogP contribution in [0.1, 0.15) is 17.8 Å². The third-order valence-corrected chi connectivity index (χ3v) is 3.24. The zero-order chi connectivity index (χ0) is 14.2. The van der Waals surface area contributed by atoms with Crippen LogP contribution in [-0.2, 0) is 27.2 Å². The van der Waals surface area contributed by atoms with Gasteiger partial charge in [-0.25, -0.2) is 4.98 Å². The van der Waals surface area contributed by atoms with Crippen LogP contribution in [0.15, 0.2) is 6.33 Å². The van der Waals surface area contributed by atoms with Crippen molar-refractivity contribution in [3.63, 3.8) is 0 Å². The van der Waals surface area contributed by atoms with Crippen molar-refractivity contribution in [1.82, 2.24) is 20.6 Å². The number of hydrogen-bond acceptors (Lipinski definition) is 5. The Morgan fingerprint density at radius 1 is 1.50 bits per heavy atom. The fourth-order valence-corrected chi connectivity index (χ4v) is 2.11. The molecule has 2 rings (SSSR count). The van der Waals surface area contributed by atoms with Crippen LogP contribution in [0.5, 0.6) is 0 Å². The Morgan fingerprint density at radius 2 is 2.40 bits per heavy atom. The minimum absolute atomic E-state index is 0.0236. The molecule has 0 spiro atoms. The van der Waals surface area contributed by atoms with E-state index < -0.39 is 0 Å². The van der Waals surface area contributed by atoms with Gasteiger partial charge in [0.05, 0.1) is 37.0 Å². The van der Waals surface area contributed by atoms with Crippen molar-refractivity contribution in [2.45, 2.75) is 25.4 Å². The Balaban J connectivity index is 1.59. The summed E-state index contributed by atoms with van der Waals surface area (Å²) in [5, 5.41) is 6.11. The molecule has 0 radical (unpaired) electrons. The number of aromatic amines is 1. The number of methoxy groups -OCH3 is 1. The van der Waals surface area contributed by atoms with E-state index in [1.807, 2.05) is 0 Å². The van der Waals surface area contributed by atoms with Gasteiger partial charge in [-0.15, -0.1) is 0 Å². The SMILES string of the molecule is COCCOCCCNC(=O)C1Cc2nc[nH]c2CN1. The first-order valence-electron chi connectivity index (χ1n) is 6.90. The molecular formula is C13H22N4O3. The number of nitrogens with zero attached hydrogens (tertiary/aromatic N) is 1. The van der Waals surface area contributed by atoms with Crippen LogP contribution in [-0.4, -0.2) is 55.4 Å². The largest absolute Gasteiger partial charge is 0.382 e. The molecule has 7 heteroatoms. The number of ether oxygens (including phenoxy) is 2. The molecule has 0 saturated carbocycles. The van der Waals surface area contributed by atoms with Crippen LogP contribution < -0.4 is 10.6 Å². The van der Waals surface area contributed by atoms with Crippen LogP contribution in [0.3, 0.4) is 0 Å². The van der Waals surface area contributed by atoms with Gasteiger partial charge in [0.2, 0.25) is 5.91 Å². The van der Waals surface area contributed by atoms with Crippen molar-refractivity contribution in [1.29, 1.82) is 0 Å². The minimum atomic E-state index is -0.194. The summed E-state index contributed by atoms with van der Waals surface area (Å²) >= 11 is 0. The molecule has 1 atom stereocenters. The first-order chi connectivity index (χ1) is 9.81. The lowest BCUT2D eigenvalue weighted by Crippen LogP contribution is -2.48. The van der Waals surface area contributed by atoms with Gasteiger partial charge in [-0.1, -0.05) is 0 Å². The normalized spacial score (nSPS) is 17.8. The van der Waals surface area contributed by atoms with Crippen LogP contribution in [0.25, 0.3) is 0 Å². The molecule has 0 fully saturated rings. The molecule has 20 heavy (non-hydrogen) atoms. The topological polar surface area (TPSA) is 88.3 Å². The fraction of sp³-hybridized carbons (Fsp3) is 0.692. The molecule has 0 aliphatic carbocycles. The quantitative estimate of drug-likeness (QED) is 0.564. The molecule has 1 amide bonds. The number of rotatable bonds is 8. The van der Waals surface area contributed by atoms with Crippen molar-refractivity contribution in [3.8, 4) is 0 Å². The molecule has 3 N–H and O–H groups in total. The number of H-pyrrole nitrogens is 1. The first kappa shape index (κ1) is 15.0. The highest BCUT2D eigenvalue weighted by Gasteiger charge is 2.25. The molecule has 1 aromatic heterocycles. The molecule has 112 valence electrons. The predicted molar refractivity (Wildman–Crippen MR) is 73.2 cm³/mol. The van der Waals surface area contributed by atoms with E-state index in [2.05, 4.69) is 20.6 Å². The van der Waals surface area contributed by atoms with Crippen molar-refractivity contribution in [3.05, 3.63) is 17.7 Å². The van der Waals surface area contributed by atoms with Gasteiger partial charge in [0.1, 0.15) is 0 Å².